The fourth-order valence-corrected chi connectivity index (χ4v) is 2.68. The van der Waals surface area contributed by atoms with Gasteiger partial charge in [-0.15, -0.1) is 0 Å². The smallest absolute Gasteiger partial charge is 0.341 e. The first kappa shape index (κ1) is 17.7. The van der Waals surface area contributed by atoms with Crippen molar-refractivity contribution in [1.29, 1.82) is 0 Å². The average Bonchev–Trinajstić information content (AvgIpc) is 2.97. The second-order valence-electron chi connectivity index (χ2n) is 5.59. The molecule has 0 saturated carbocycles. The highest BCUT2D eigenvalue weighted by atomic mass is 16.5. The number of nitrogens with zero attached hydrogens (tertiary/aromatic N) is 3. The number of pyridine rings is 1. The molecule has 0 bridgehead atoms. The van der Waals surface area contributed by atoms with Crippen molar-refractivity contribution in [2.24, 2.45) is 0 Å². The van der Waals surface area contributed by atoms with Gasteiger partial charge in [0.2, 0.25) is 0 Å². The molecule has 0 fully saturated rings. The maximum absolute atomic E-state index is 12.3. The van der Waals surface area contributed by atoms with E-state index >= 15 is 0 Å². The van der Waals surface area contributed by atoms with E-state index in [1.54, 1.807) is 11.5 Å². The second-order valence-corrected chi connectivity index (χ2v) is 5.59. The average molecular weight is 355 g/mol. The molecule has 0 spiro atoms. The monoisotopic (exact) mass is 355 g/mol. The molecule has 0 aliphatic carbocycles. The fourth-order valence-electron chi connectivity index (χ4n) is 2.68. The van der Waals surface area contributed by atoms with Gasteiger partial charge in [-0.25, -0.2) is 14.8 Å². The molecule has 2 heterocycles. The predicted molar refractivity (Wildman–Crippen MR) is 99.0 cm³/mol. The summed E-state index contributed by atoms with van der Waals surface area (Å²) in [7, 11) is 0. The molecule has 0 saturated heterocycles. The van der Waals surface area contributed by atoms with Gasteiger partial charge in [-0.1, -0.05) is 18.2 Å². The number of ether oxygens (including phenoxy) is 1. The molecule has 0 atom stereocenters. The van der Waals surface area contributed by atoms with Gasteiger partial charge < -0.3 is 19.8 Å². The van der Waals surface area contributed by atoms with Crippen LogP contribution in [-0.4, -0.2) is 38.8 Å². The molecular formula is C18H21N5O3. The van der Waals surface area contributed by atoms with Crippen molar-refractivity contribution in [1.82, 2.24) is 14.5 Å². The Labute approximate surface area is 150 Å². The standard InChI is InChI=1S/C18H21N5O3/c1-3-26-18(25)14-11-19-17-16(20-12(2)23(17)9-10-24)15(14)22-21-13-7-5-4-6-8-13/h4-8,11,21,24H,3,9-10H2,1-2H3,(H,19,22). The molecule has 8 heteroatoms. The predicted octanol–water partition coefficient (Wildman–Crippen LogP) is 2.35. The van der Waals surface area contributed by atoms with Gasteiger partial charge in [-0.2, -0.15) is 0 Å². The maximum Gasteiger partial charge on any atom is 0.341 e. The lowest BCUT2D eigenvalue weighted by Crippen LogP contribution is -2.15. The van der Waals surface area contributed by atoms with Crippen molar-refractivity contribution >= 4 is 28.5 Å². The number of hydrogen-bond acceptors (Lipinski definition) is 7. The highest BCUT2D eigenvalue weighted by Gasteiger charge is 2.21. The Bertz CT molecular complexity index is 908. The van der Waals surface area contributed by atoms with E-state index in [1.165, 1.54) is 6.20 Å². The van der Waals surface area contributed by atoms with Gasteiger partial charge in [0.1, 0.15) is 16.9 Å². The Kier molecular flexibility index (Phi) is 5.33. The van der Waals surface area contributed by atoms with Crippen LogP contribution in [-0.2, 0) is 11.3 Å². The third-order valence-electron chi connectivity index (χ3n) is 3.88. The number of aliphatic hydroxyl groups is 1. The molecule has 8 nitrogen and oxygen atoms in total. The molecule has 0 aliphatic rings. The van der Waals surface area contributed by atoms with Gasteiger partial charge in [-0.05, 0) is 26.0 Å². The van der Waals surface area contributed by atoms with Crippen molar-refractivity contribution in [2.75, 3.05) is 24.1 Å². The number of imidazole rings is 1. The normalized spacial score (nSPS) is 10.7. The number of nitrogens with one attached hydrogen (secondary N) is 2. The third-order valence-corrected chi connectivity index (χ3v) is 3.88. The molecule has 2 aromatic heterocycles. The summed E-state index contributed by atoms with van der Waals surface area (Å²) in [6.07, 6.45) is 1.46. The molecule has 0 aliphatic heterocycles. The number of rotatable bonds is 7. The summed E-state index contributed by atoms with van der Waals surface area (Å²) in [5, 5.41) is 9.28. The lowest BCUT2D eigenvalue weighted by atomic mass is 10.2. The first-order valence-electron chi connectivity index (χ1n) is 8.36. The number of fused-ring (bicyclic) bond motifs is 1. The Morgan fingerprint density at radius 3 is 2.73 bits per heavy atom. The second kappa shape index (κ2) is 7.83. The van der Waals surface area contributed by atoms with Crippen molar-refractivity contribution in [3.63, 3.8) is 0 Å². The van der Waals surface area contributed by atoms with Crippen molar-refractivity contribution < 1.29 is 14.6 Å². The number of anilines is 2. The molecule has 0 radical (unpaired) electrons. The first-order valence-corrected chi connectivity index (χ1v) is 8.36. The fraction of sp³-hybridized carbons (Fsp3) is 0.278. The summed E-state index contributed by atoms with van der Waals surface area (Å²) in [4.78, 5) is 21.2. The molecule has 26 heavy (non-hydrogen) atoms. The van der Waals surface area contributed by atoms with E-state index in [0.717, 1.165) is 5.69 Å². The van der Waals surface area contributed by atoms with Crippen LogP contribution in [0.4, 0.5) is 11.4 Å². The van der Waals surface area contributed by atoms with Crippen molar-refractivity contribution in [3.05, 3.63) is 47.9 Å². The number of aromatic nitrogens is 3. The topological polar surface area (TPSA) is 101 Å². The van der Waals surface area contributed by atoms with Crippen LogP contribution in [0.2, 0.25) is 0 Å². The summed E-state index contributed by atoms with van der Waals surface area (Å²) >= 11 is 0. The van der Waals surface area contributed by atoms with Gasteiger partial charge >= 0.3 is 5.97 Å². The van der Waals surface area contributed by atoms with Crippen molar-refractivity contribution in [2.45, 2.75) is 20.4 Å². The van der Waals surface area contributed by atoms with E-state index in [1.807, 2.05) is 37.3 Å². The van der Waals surface area contributed by atoms with Crippen LogP contribution >= 0.6 is 0 Å². The summed E-state index contributed by atoms with van der Waals surface area (Å²) in [5.74, 6) is 0.221. The number of carbonyl (C=O) groups excluding carboxylic acids is 1. The summed E-state index contributed by atoms with van der Waals surface area (Å²) in [6, 6.07) is 9.51. The van der Waals surface area contributed by atoms with Crippen LogP contribution in [0.3, 0.4) is 0 Å². The van der Waals surface area contributed by atoms with Crippen LogP contribution < -0.4 is 10.9 Å². The molecule has 3 N–H and O–H groups in total. The molecule has 0 amide bonds. The molecule has 136 valence electrons. The van der Waals surface area contributed by atoms with Crippen LogP contribution in [0.15, 0.2) is 36.5 Å². The minimum Gasteiger partial charge on any atom is -0.462 e. The van der Waals surface area contributed by atoms with Crippen LogP contribution in [0.25, 0.3) is 11.2 Å². The molecular weight excluding hydrogens is 334 g/mol. The first-order chi connectivity index (χ1) is 12.7. The van der Waals surface area contributed by atoms with Crippen LogP contribution in [0.1, 0.15) is 23.1 Å². The van der Waals surface area contributed by atoms with E-state index in [-0.39, 0.29) is 18.8 Å². The van der Waals surface area contributed by atoms with Gasteiger partial charge in [-0.3, -0.25) is 5.43 Å². The van der Waals surface area contributed by atoms with E-state index in [4.69, 9.17) is 4.74 Å². The summed E-state index contributed by atoms with van der Waals surface area (Å²) < 4.78 is 6.94. The lowest BCUT2D eigenvalue weighted by Gasteiger charge is -2.14. The Morgan fingerprint density at radius 2 is 2.04 bits per heavy atom. The number of aryl methyl sites for hydroxylation is 1. The zero-order valence-corrected chi connectivity index (χ0v) is 14.7. The molecule has 3 aromatic rings. The minimum atomic E-state index is -0.478. The highest BCUT2D eigenvalue weighted by Crippen LogP contribution is 2.27. The Hall–Kier alpha value is -3.13. The number of benzene rings is 1. The van der Waals surface area contributed by atoms with Gasteiger partial charge in [0.15, 0.2) is 5.65 Å². The largest absolute Gasteiger partial charge is 0.462 e. The molecule has 0 unspecified atom stereocenters. The van der Waals surface area contributed by atoms with Crippen molar-refractivity contribution in [3.8, 4) is 0 Å². The number of para-hydroxylation sites is 1. The maximum atomic E-state index is 12.3. The highest BCUT2D eigenvalue weighted by molar-refractivity contribution is 6.03. The number of esters is 1. The van der Waals surface area contributed by atoms with Crippen LogP contribution in [0, 0.1) is 6.92 Å². The summed E-state index contributed by atoms with van der Waals surface area (Å²) in [5.41, 5.74) is 8.85. The Morgan fingerprint density at radius 1 is 1.27 bits per heavy atom. The van der Waals surface area contributed by atoms with Crippen LogP contribution in [0.5, 0.6) is 0 Å². The quantitative estimate of drug-likeness (QED) is 0.442. The Balaban J connectivity index is 2.06. The molecule has 1 aromatic carbocycles. The van der Waals surface area contributed by atoms with Gasteiger partial charge in [0.25, 0.3) is 0 Å². The number of carbonyl (C=O) groups is 1. The van der Waals surface area contributed by atoms with E-state index in [2.05, 4.69) is 20.8 Å². The third kappa shape index (κ3) is 3.45. The minimum absolute atomic E-state index is 0.0291. The number of hydrazine groups is 1. The zero-order chi connectivity index (χ0) is 18.5. The molecule has 3 rings (SSSR count). The lowest BCUT2D eigenvalue weighted by molar-refractivity contribution is 0.0527. The van der Waals surface area contributed by atoms with Gasteiger partial charge in [0.05, 0.1) is 24.6 Å². The zero-order valence-electron chi connectivity index (χ0n) is 14.7. The summed E-state index contributed by atoms with van der Waals surface area (Å²) in [6.45, 7) is 4.19. The van der Waals surface area contributed by atoms with E-state index in [9.17, 15) is 9.90 Å². The number of aliphatic hydroxyl groups excluding tert-OH is 1. The number of hydrogen-bond donors (Lipinski definition) is 3. The van der Waals surface area contributed by atoms with E-state index in [0.29, 0.717) is 29.2 Å². The van der Waals surface area contributed by atoms with E-state index < -0.39 is 5.97 Å². The SMILES string of the molecule is CCOC(=O)c1cnc2c(nc(C)n2CCO)c1NNc1ccccc1. The van der Waals surface area contributed by atoms with Gasteiger partial charge in [0, 0.05) is 12.7 Å².